The molecular formula is C46H52O2Si. The zero-order valence-corrected chi connectivity index (χ0v) is 31.6. The molecule has 4 aliphatic carbocycles. The molecule has 4 aliphatic rings. The van der Waals surface area contributed by atoms with Crippen LogP contribution in [0.3, 0.4) is 0 Å². The third kappa shape index (κ3) is 5.26. The average molecular weight is 665 g/mol. The quantitative estimate of drug-likeness (QED) is 0.192. The van der Waals surface area contributed by atoms with Gasteiger partial charge in [0.1, 0.15) is 23.0 Å². The van der Waals surface area contributed by atoms with Gasteiger partial charge in [-0.3, -0.25) is 0 Å². The lowest BCUT2D eigenvalue weighted by atomic mass is 9.75. The normalized spacial score (nSPS) is 30.0. The molecule has 8 unspecified atom stereocenters. The van der Waals surface area contributed by atoms with E-state index in [4.69, 9.17) is 8.83 Å². The highest BCUT2D eigenvalue weighted by Gasteiger charge is 2.61. The molecule has 8 atom stereocenters. The van der Waals surface area contributed by atoms with Crippen molar-refractivity contribution in [2.45, 2.75) is 90.4 Å². The highest BCUT2D eigenvalue weighted by Crippen LogP contribution is 2.69. The molecule has 2 heterocycles. The number of allylic oxidation sites excluding steroid dienone is 8. The summed E-state index contributed by atoms with van der Waals surface area (Å²) in [6.07, 6.45) is 7.67. The first kappa shape index (κ1) is 32.4. The Morgan fingerprint density at radius 1 is 0.490 bits per heavy atom. The van der Waals surface area contributed by atoms with Crippen LogP contribution in [0.2, 0.25) is 24.2 Å². The molecule has 0 bridgehead atoms. The summed E-state index contributed by atoms with van der Waals surface area (Å²) in [5.41, 5.74) is 12.8. The van der Waals surface area contributed by atoms with E-state index < -0.39 is 8.07 Å². The van der Waals surface area contributed by atoms with E-state index in [1.807, 2.05) is 0 Å². The summed E-state index contributed by atoms with van der Waals surface area (Å²) in [6.45, 7) is 19.2. The fraction of sp³-hybridized carbons (Fsp3) is 0.391. The van der Waals surface area contributed by atoms with E-state index in [0.717, 1.165) is 24.4 Å². The minimum atomic E-state index is -2.15. The average Bonchev–Trinajstić information content (AvgIpc) is 3.88. The summed E-state index contributed by atoms with van der Waals surface area (Å²) >= 11 is 0. The predicted octanol–water partition coefficient (Wildman–Crippen LogP) is 12.9. The van der Waals surface area contributed by atoms with Gasteiger partial charge in [0.05, 0.1) is 8.07 Å². The van der Waals surface area contributed by atoms with Crippen molar-refractivity contribution in [1.29, 1.82) is 0 Å². The number of hydrogen-bond donors (Lipinski definition) is 0. The number of aryl methyl sites for hydroxylation is 2. The van der Waals surface area contributed by atoms with E-state index in [1.54, 1.807) is 11.1 Å². The van der Waals surface area contributed by atoms with Gasteiger partial charge in [0.25, 0.3) is 0 Å². The molecule has 3 heteroatoms. The zero-order chi connectivity index (χ0) is 34.2. The van der Waals surface area contributed by atoms with Crippen molar-refractivity contribution in [3.05, 3.63) is 154 Å². The monoisotopic (exact) mass is 664 g/mol. The van der Waals surface area contributed by atoms with Crippen LogP contribution in [0, 0.1) is 37.5 Å². The maximum Gasteiger partial charge on any atom is 0.107 e. The number of fused-ring (bicyclic) bond motifs is 2. The van der Waals surface area contributed by atoms with Gasteiger partial charge in [-0.05, 0) is 147 Å². The lowest BCUT2D eigenvalue weighted by Gasteiger charge is -2.47. The van der Waals surface area contributed by atoms with Crippen molar-refractivity contribution in [1.82, 2.24) is 0 Å². The number of hydrogen-bond acceptors (Lipinski definition) is 2. The van der Waals surface area contributed by atoms with Gasteiger partial charge in [0.15, 0.2) is 0 Å². The van der Waals surface area contributed by atoms with Gasteiger partial charge in [-0.2, -0.15) is 0 Å². The van der Waals surface area contributed by atoms with Gasteiger partial charge in [0.2, 0.25) is 0 Å². The van der Waals surface area contributed by atoms with Crippen LogP contribution >= 0.6 is 0 Å². The number of benzene rings is 2. The Kier molecular flexibility index (Phi) is 8.06. The van der Waals surface area contributed by atoms with E-state index in [1.165, 1.54) is 44.9 Å². The molecule has 2 aromatic carbocycles. The van der Waals surface area contributed by atoms with Crippen molar-refractivity contribution in [3.63, 3.8) is 0 Å². The van der Waals surface area contributed by atoms with Crippen molar-refractivity contribution in [3.8, 4) is 0 Å². The second kappa shape index (κ2) is 12.2. The Morgan fingerprint density at radius 3 is 1.22 bits per heavy atom. The molecule has 2 nitrogen and oxygen atoms in total. The first-order valence-electron chi connectivity index (χ1n) is 18.6. The molecule has 0 amide bonds. The summed E-state index contributed by atoms with van der Waals surface area (Å²) in [7, 11) is -2.15. The Hall–Kier alpha value is -3.82. The van der Waals surface area contributed by atoms with E-state index in [9.17, 15) is 0 Å². The SMILES string of the molecule is CC1=CC2C(CC(c3ccc(C)o3)C2[Si](C)(C)C2C(c3ccc(C)o3)CC3C(c4ccccc4)=C(C)C(C)=CC32)C(c2ccccc2)=C1C. The van der Waals surface area contributed by atoms with Gasteiger partial charge in [-0.25, -0.2) is 0 Å². The van der Waals surface area contributed by atoms with Gasteiger partial charge < -0.3 is 8.83 Å². The molecule has 2 aromatic heterocycles. The molecule has 8 rings (SSSR count). The highest BCUT2D eigenvalue weighted by atomic mass is 28.3. The number of furan rings is 2. The fourth-order valence-electron chi connectivity index (χ4n) is 11.3. The van der Waals surface area contributed by atoms with Crippen LogP contribution in [-0.2, 0) is 0 Å². The Morgan fingerprint density at radius 2 is 0.878 bits per heavy atom. The highest BCUT2D eigenvalue weighted by molar-refractivity contribution is 6.81. The lowest BCUT2D eigenvalue weighted by Crippen LogP contribution is -2.46. The van der Waals surface area contributed by atoms with E-state index in [-0.39, 0.29) is 0 Å². The molecule has 0 spiro atoms. The maximum absolute atomic E-state index is 6.63. The molecule has 0 aliphatic heterocycles. The fourth-order valence-corrected chi connectivity index (χ4v) is 17.1. The third-order valence-corrected chi connectivity index (χ3v) is 18.4. The van der Waals surface area contributed by atoms with Crippen molar-refractivity contribution >= 4 is 19.2 Å². The maximum atomic E-state index is 6.63. The largest absolute Gasteiger partial charge is 0.466 e. The van der Waals surface area contributed by atoms with Crippen LogP contribution in [0.5, 0.6) is 0 Å². The molecule has 0 N–H and O–H groups in total. The molecule has 2 saturated carbocycles. The first-order valence-corrected chi connectivity index (χ1v) is 21.7. The molecule has 0 saturated heterocycles. The molecule has 4 aromatic rings. The van der Waals surface area contributed by atoms with Crippen LogP contribution in [0.25, 0.3) is 11.1 Å². The minimum Gasteiger partial charge on any atom is -0.466 e. The smallest absolute Gasteiger partial charge is 0.107 e. The molecule has 252 valence electrons. The first-order chi connectivity index (χ1) is 23.5. The van der Waals surface area contributed by atoms with Gasteiger partial charge in [-0.15, -0.1) is 0 Å². The van der Waals surface area contributed by atoms with Crippen molar-refractivity contribution in [2.75, 3.05) is 0 Å². The Bertz CT molecular complexity index is 1850. The topological polar surface area (TPSA) is 26.3 Å². The van der Waals surface area contributed by atoms with E-state index >= 15 is 0 Å². The lowest BCUT2D eigenvalue weighted by molar-refractivity contribution is 0.423. The van der Waals surface area contributed by atoms with Crippen molar-refractivity contribution in [2.24, 2.45) is 23.7 Å². The van der Waals surface area contributed by atoms with E-state index in [0.29, 0.717) is 46.6 Å². The summed E-state index contributed by atoms with van der Waals surface area (Å²) in [6, 6.07) is 31.5. The minimum absolute atomic E-state index is 0.386. The summed E-state index contributed by atoms with van der Waals surface area (Å²) in [5.74, 6) is 7.13. The van der Waals surface area contributed by atoms with Crippen LogP contribution in [0.15, 0.2) is 128 Å². The second-order valence-corrected chi connectivity index (χ2v) is 21.3. The standard InChI is InChI=1S/C46H52O2Si/c1-27-23-37-35(43(31(27)5)33-15-11-9-12-16-33)25-39(41-21-19-29(3)47-41)45(37)49(7,8)46-38-24-28(2)32(6)44(34-17-13-10-14-18-34)36(38)26-40(46)42-22-20-30(4)48-42/h9-24,35-40,45-46H,25-26H2,1-8H3. The van der Waals surface area contributed by atoms with Gasteiger partial charge in [-0.1, -0.05) is 97.1 Å². The second-order valence-electron chi connectivity index (χ2n) is 16.3. The van der Waals surface area contributed by atoms with Gasteiger partial charge in [0, 0.05) is 11.8 Å². The Balaban J connectivity index is 1.29. The zero-order valence-electron chi connectivity index (χ0n) is 30.6. The number of rotatable bonds is 6. The summed E-state index contributed by atoms with van der Waals surface area (Å²) in [4.78, 5) is 0. The molecule has 0 radical (unpaired) electrons. The van der Waals surface area contributed by atoms with Gasteiger partial charge >= 0.3 is 0 Å². The predicted molar refractivity (Wildman–Crippen MR) is 206 cm³/mol. The third-order valence-electron chi connectivity index (χ3n) is 13.4. The molecule has 2 fully saturated rings. The van der Waals surface area contributed by atoms with E-state index in [2.05, 4.69) is 152 Å². The molecular weight excluding hydrogens is 613 g/mol. The molecule has 49 heavy (non-hydrogen) atoms. The Labute approximate surface area is 294 Å². The van der Waals surface area contributed by atoms with Crippen LogP contribution in [-0.4, -0.2) is 8.07 Å². The van der Waals surface area contributed by atoms with Crippen LogP contribution in [0.4, 0.5) is 0 Å². The summed E-state index contributed by atoms with van der Waals surface area (Å²) in [5, 5.41) is 0. The summed E-state index contributed by atoms with van der Waals surface area (Å²) < 4.78 is 13.3. The van der Waals surface area contributed by atoms with Crippen molar-refractivity contribution < 1.29 is 8.83 Å². The van der Waals surface area contributed by atoms with Crippen LogP contribution < -0.4 is 0 Å². The van der Waals surface area contributed by atoms with Crippen LogP contribution in [0.1, 0.15) is 86.5 Å².